The van der Waals surface area contributed by atoms with Crippen molar-refractivity contribution in [2.45, 2.75) is 38.8 Å². The van der Waals surface area contributed by atoms with E-state index < -0.39 is 24.0 Å². The van der Waals surface area contributed by atoms with Crippen LogP contribution in [-0.2, 0) is 20.8 Å². The van der Waals surface area contributed by atoms with E-state index >= 15 is 0 Å². The SMILES string of the molecule is CC(C)CC(N)C(=O)O.O=C=NC(Cc1ccccc1)C(=O)O.c1cnccn1. The fraction of sp³-hybridized carbons (Fsp3) is 0.350. The number of carbonyl (C=O) groups is 2. The molecule has 2 unspecified atom stereocenters. The minimum absolute atomic E-state index is 0.214. The molecule has 9 heteroatoms. The van der Waals surface area contributed by atoms with Gasteiger partial charge in [-0.1, -0.05) is 44.2 Å². The zero-order valence-corrected chi connectivity index (χ0v) is 16.4. The number of nitrogens with zero attached hydrogens (tertiary/aromatic N) is 3. The standard InChI is InChI=1S/C10H9NO3.C6H13NO2.C4H4N2/c12-7-11-9(10(13)14)6-8-4-2-1-3-5-8;1-4(2)3-5(7)6(8)9;1-2-6-4-3-5-1/h1-5,9H,6H2,(H,13,14);4-5H,3,7H2,1-2H3,(H,8,9);1-4H. The van der Waals surface area contributed by atoms with E-state index in [9.17, 15) is 14.4 Å². The predicted molar refractivity (Wildman–Crippen MR) is 107 cm³/mol. The summed E-state index contributed by atoms with van der Waals surface area (Å²) in [6.07, 6.45) is 8.58. The molecule has 0 bridgehead atoms. The molecule has 0 aliphatic heterocycles. The molecule has 1 heterocycles. The molecule has 0 spiro atoms. The van der Waals surface area contributed by atoms with Crippen molar-refractivity contribution in [1.29, 1.82) is 0 Å². The van der Waals surface area contributed by atoms with Gasteiger partial charge < -0.3 is 15.9 Å². The van der Waals surface area contributed by atoms with Crippen molar-refractivity contribution in [2.75, 3.05) is 0 Å². The van der Waals surface area contributed by atoms with Crippen LogP contribution in [0.2, 0.25) is 0 Å². The van der Waals surface area contributed by atoms with E-state index in [4.69, 9.17) is 15.9 Å². The highest BCUT2D eigenvalue weighted by Crippen LogP contribution is 2.05. The Kier molecular flexibility index (Phi) is 13.8. The van der Waals surface area contributed by atoms with Crippen LogP contribution in [0.1, 0.15) is 25.8 Å². The van der Waals surface area contributed by atoms with E-state index in [0.29, 0.717) is 12.3 Å². The Morgan fingerprint density at radius 1 is 1.03 bits per heavy atom. The molecule has 156 valence electrons. The van der Waals surface area contributed by atoms with Gasteiger partial charge >= 0.3 is 11.9 Å². The first-order valence-electron chi connectivity index (χ1n) is 8.80. The van der Waals surface area contributed by atoms with Gasteiger partial charge in [0.2, 0.25) is 6.08 Å². The number of hydrogen-bond acceptors (Lipinski definition) is 7. The van der Waals surface area contributed by atoms with Crippen LogP contribution in [-0.4, -0.2) is 50.3 Å². The van der Waals surface area contributed by atoms with Crippen molar-refractivity contribution in [3.63, 3.8) is 0 Å². The molecule has 2 aromatic rings. The number of aliphatic imine (C=N–C) groups is 1. The maximum Gasteiger partial charge on any atom is 0.329 e. The first kappa shape index (κ1) is 25.6. The Bertz CT molecular complexity index is 721. The quantitative estimate of drug-likeness (QED) is 0.468. The normalized spacial score (nSPS) is 11.4. The highest BCUT2D eigenvalue weighted by atomic mass is 16.4. The molecular formula is C20H26N4O5. The molecule has 0 saturated carbocycles. The number of isocyanates is 1. The van der Waals surface area contributed by atoms with Crippen molar-refractivity contribution in [3.05, 3.63) is 60.7 Å². The second-order valence-corrected chi connectivity index (χ2v) is 6.23. The Balaban J connectivity index is 0.000000446. The lowest BCUT2D eigenvalue weighted by Gasteiger charge is -2.07. The smallest absolute Gasteiger partial charge is 0.329 e. The number of carboxylic acid groups (broad SMARTS) is 2. The Labute approximate surface area is 169 Å². The number of nitrogens with two attached hydrogens (primary N) is 1. The molecule has 0 aliphatic carbocycles. The minimum Gasteiger partial charge on any atom is -0.480 e. The third-order valence-corrected chi connectivity index (χ3v) is 3.29. The summed E-state index contributed by atoms with van der Waals surface area (Å²) in [6, 6.07) is 7.30. The molecule has 2 rings (SSSR count). The van der Waals surface area contributed by atoms with Crippen LogP contribution < -0.4 is 5.73 Å². The van der Waals surface area contributed by atoms with E-state index in [-0.39, 0.29) is 6.42 Å². The summed E-state index contributed by atoms with van der Waals surface area (Å²) in [6.45, 7) is 3.89. The minimum atomic E-state index is -1.11. The predicted octanol–water partition coefficient (Wildman–Crippen LogP) is 1.94. The zero-order chi connectivity index (χ0) is 22.1. The summed E-state index contributed by atoms with van der Waals surface area (Å²) in [7, 11) is 0. The van der Waals surface area contributed by atoms with Crippen LogP contribution in [0.25, 0.3) is 0 Å². The third-order valence-electron chi connectivity index (χ3n) is 3.29. The van der Waals surface area contributed by atoms with E-state index in [1.54, 1.807) is 49.1 Å². The maximum absolute atomic E-state index is 10.6. The van der Waals surface area contributed by atoms with Crippen LogP contribution in [0.5, 0.6) is 0 Å². The summed E-state index contributed by atoms with van der Waals surface area (Å²) in [4.78, 5) is 41.3. The van der Waals surface area contributed by atoms with Crippen LogP contribution in [0.4, 0.5) is 0 Å². The van der Waals surface area contributed by atoms with Gasteiger partial charge in [0.25, 0.3) is 0 Å². The molecule has 0 amide bonds. The summed E-state index contributed by atoms with van der Waals surface area (Å²) >= 11 is 0. The summed E-state index contributed by atoms with van der Waals surface area (Å²) in [5, 5.41) is 17.0. The second kappa shape index (κ2) is 15.6. The van der Waals surface area contributed by atoms with Gasteiger partial charge in [-0.15, -0.1) is 0 Å². The third kappa shape index (κ3) is 14.3. The number of hydrogen-bond donors (Lipinski definition) is 3. The fourth-order valence-corrected chi connectivity index (χ4v) is 1.95. The van der Waals surface area contributed by atoms with Crippen LogP contribution in [0, 0.1) is 5.92 Å². The van der Waals surface area contributed by atoms with Crippen molar-refractivity contribution in [2.24, 2.45) is 16.6 Å². The van der Waals surface area contributed by atoms with E-state index in [0.717, 1.165) is 5.56 Å². The summed E-state index contributed by atoms with van der Waals surface area (Å²) in [5.74, 6) is -1.67. The summed E-state index contributed by atoms with van der Waals surface area (Å²) < 4.78 is 0. The molecule has 1 aromatic carbocycles. The van der Waals surface area contributed by atoms with Crippen molar-refractivity contribution >= 4 is 18.0 Å². The number of carbonyl (C=O) groups excluding carboxylic acids is 1. The van der Waals surface area contributed by atoms with Gasteiger partial charge in [-0.3, -0.25) is 14.8 Å². The maximum atomic E-state index is 10.6. The highest BCUT2D eigenvalue weighted by Gasteiger charge is 2.16. The molecule has 0 saturated heterocycles. The second-order valence-electron chi connectivity index (χ2n) is 6.23. The Morgan fingerprint density at radius 3 is 1.86 bits per heavy atom. The molecule has 0 fully saturated rings. The Morgan fingerprint density at radius 2 is 1.55 bits per heavy atom. The topological polar surface area (TPSA) is 156 Å². The van der Waals surface area contributed by atoms with Crippen LogP contribution >= 0.6 is 0 Å². The number of aliphatic carboxylic acids is 2. The van der Waals surface area contributed by atoms with Gasteiger partial charge in [-0.25, -0.2) is 9.59 Å². The average Bonchev–Trinajstić information content (AvgIpc) is 2.70. The van der Waals surface area contributed by atoms with Crippen molar-refractivity contribution in [3.8, 4) is 0 Å². The molecule has 1 aromatic heterocycles. The van der Waals surface area contributed by atoms with Gasteiger partial charge in [-0.05, 0) is 17.9 Å². The number of rotatable bonds is 7. The van der Waals surface area contributed by atoms with E-state index in [2.05, 4.69) is 15.0 Å². The molecule has 4 N–H and O–H groups in total. The lowest BCUT2D eigenvalue weighted by Crippen LogP contribution is -2.31. The zero-order valence-electron chi connectivity index (χ0n) is 16.4. The van der Waals surface area contributed by atoms with Gasteiger partial charge in [0.05, 0.1) is 0 Å². The van der Waals surface area contributed by atoms with Gasteiger partial charge in [0.1, 0.15) is 6.04 Å². The van der Waals surface area contributed by atoms with Gasteiger partial charge in [0.15, 0.2) is 6.04 Å². The number of carboxylic acids is 2. The summed E-state index contributed by atoms with van der Waals surface area (Å²) in [5.41, 5.74) is 6.05. The molecule has 0 radical (unpaired) electrons. The lowest BCUT2D eigenvalue weighted by atomic mass is 10.1. The Hall–Kier alpha value is -3.42. The molecule has 9 nitrogen and oxygen atoms in total. The molecule has 2 atom stereocenters. The van der Waals surface area contributed by atoms with Crippen molar-refractivity contribution < 1.29 is 24.6 Å². The number of aromatic nitrogens is 2. The number of benzene rings is 1. The first-order chi connectivity index (χ1) is 13.8. The van der Waals surface area contributed by atoms with Gasteiger partial charge in [0, 0.05) is 31.2 Å². The van der Waals surface area contributed by atoms with E-state index in [1.807, 2.05) is 19.9 Å². The van der Waals surface area contributed by atoms with Crippen LogP contribution in [0.15, 0.2) is 60.1 Å². The van der Waals surface area contributed by atoms with E-state index in [1.165, 1.54) is 6.08 Å². The van der Waals surface area contributed by atoms with Crippen molar-refractivity contribution in [1.82, 2.24) is 9.97 Å². The largest absolute Gasteiger partial charge is 0.480 e. The van der Waals surface area contributed by atoms with Gasteiger partial charge in [-0.2, -0.15) is 4.99 Å². The molecular weight excluding hydrogens is 376 g/mol. The van der Waals surface area contributed by atoms with Crippen LogP contribution in [0.3, 0.4) is 0 Å². The highest BCUT2D eigenvalue weighted by molar-refractivity contribution is 5.75. The molecule has 29 heavy (non-hydrogen) atoms. The monoisotopic (exact) mass is 402 g/mol. The average molecular weight is 402 g/mol. The fourth-order valence-electron chi connectivity index (χ4n) is 1.95. The lowest BCUT2D eigenvalue weighted by molar-refractivity contribution is -0.139. The first-order valence-corrected chi connectivity index (χ1v) is 8.80. The molecule has 0 aliphatic rings.